The molecular formula is C4H9N2NaO2. The molecule has 4 nitrogen and oxygen atoms in total. The number of hydrogen-bond acceptors (Lipinski definition) is 4. The Morgan fingerprint density at radius 1 is 1.67 bits per heavy atom. The normalized spacial score (nSPS) is 8.11. The monoisotopic (exact) mass is 140 g/mol. The van der Waals surface area contributed by atoms with Crippen molar-refractivity contribution in [2.45, 2.75) is 0 Å². The maximum atomic E-state index is 9.66. The minimum Gasteiger partial charge on any atom is -0.549 e. The van der Waals surface area contributed by atoms with Crippen LogP contribution in [0.15, 0.2) is 0 Å². The van der Waals surface area contributed by atoms with Crippen LogP contribution in [0, 0.1) is 0 Å². The van der Waals surface area contributed by atoms with E-state index in [-0.39, 0.29) is 36.1 Å². The SMILES string of the molecule is NCCNCC(=O)[O-].[Na+]. The van der Waals surface area contributed by atoms with Crippen LogP contribution in [0.1, 0.15) is 0 Å². The third-order valence-electron chi connectivity index (χ3n) is 0.590. The molecule has 9 heavy (non-hydrogen) atoms. The van der Waals surface area contributed by atoms with Crippen LogP contribution < -0.4 is 45.7 Å². The van der Waals surface area contributed by atoms with Gasteiger partial charge in [0.2, 0.25) is 0 Å². The van der Waals surface area contributed by atoms with E-state index < -0.39 is 5.97 Å². The van der Waals surface area contributed by atoms with Crippen LogP contribution in [0.25, 0.3) is 0 Å². The van der Waals surface area contributed by atoms with Crippen molar-refractivity contribution in [1.82, 2.24) is 5.32 Å². The molecule has 0 unspecified atom stereocenters. The van der Waals surface area contributed by atoms with Gasteiger partial charge in [-0.25, -0.2) is 0 Å². The van der Waals surface area contributed by atoms with Gasteiger partial charge in [0.05, 0.1) is 5.97 Å². The van der Waals surface area contributed by atoms with E-state index in [1.165, 1.54) is 0 Å². The van der Waals surface area contributed by atoms with Crippen LogP contribution in [0.3, 0.4) is 0 Å². The third-order valence-corrected chi connectivity index (χ3v) is 0.590. The molecule has 0 saturated heterocycles. The number of carbonyl (C=O) groups excluding carboxylic acids is 1. The van der Waals surface area contributed by atoms with Gasteiger partial charge in [-0.3, -0.25) is 0 Å². The molecule has 0 spiro atoms. The first-order chi connectivity index (χ1) is 3.77. The molecule has 0 aliphatic heterocycles. The van der Waals surface area contributed by atoms with Crippen molar-refractivity contribution in [3.63, 3.8) is 0 Å². The molecule has 0 amide bonds. The second-order valence-corrected chi connectivity index (χ2v) is 1.34. The predicted octanol–water partition coefficient (Wildman–Crippen LogP) is -5.71. The van der Waals surface area contributed by atoms with Crippen molar-refractivity contribution < 1.29 is 39.5 Å². The number of aliphatic carboxylic acids is 1. The van der Waals surface area contributed by atoms with Gasteiger partial charge in [-0.15, -0.1) is 0 Å². The van der Waals surface area contributed by atoms with Gasteiger partial charge in [0.1, 0.15) is 0 Å². The van der Waals surface area contributed by atoms with Crippen molar-refractivity contribution in [2.24, 2.45) is 5.73 Å². The average Bonchev–Trinajstić information content (AvgIpc) is 1.66. The predicted molar refractivity (Wildman–Crippen MR) is 26.9 cm³/mol. The number of carboxylic acids is 1. The molecule has 0 bridgehead atoms. The number of nitrogens with one attached hydrogen (secondary N) is 1. The van der Waals surface area contributed by atoms with Crippen molar-refractivity contribution >= 4 is 5.97 Å². The minimum absolute atomic E-state index is 0. The van der Waals surface area contributed by atoms with E-state index in [0.717, 1.165) is 0 Å². The van der Waals surface area contributed by atoms with Gasteiger partial charge in [0.25, 0.3) is 0 Å². The van der Waals surface area contributed by atoms with E-state index in [9.17, 15) is 9.90 Å². The first-order valence-electron chi connectivity index (χ1n) is 2.38. The Morgan fingerprint density at radius 3 is 2.56 bits per heavy atom. The van der Waals surface area contributed by atoms with E-state index in [4.69, 9.17) is 5.73 Å². The quantitative estimate of drug-likeness (QED) is 0.301. The van der Waals surface area contributed by atoms with Crippen molar-refractivity contribution in [3.05, 3.63) is 0 Å². The number of carbonyl (C=O) groups is 1. The molecular weight excluding hydrogens is 131 g/mol. The van der Waals surface area contributed by atoms with Crippen molar-refractivity contribution in [3.8, 4) is 0 Å². The number of carboxylic acid groups (broad SMARTS) is 1. The Kier molecular flexibility index (Phi) is 11.3. The average molecular weight is 140 g/mol. The minimum atomic E-state index is -1.10. The molecule has 0 aromatic heterocycles. The Bertz CT molecular complexity index is 79.0. The molecule has 0 saturated carbocycles. The van der Waals surface area contributed by atoms with Crippen molar-refractivity contribution in [2.75, 3.05) is 19.6 Å². The molecule has 48 valence electrons. The Labute approximate surface area is 76.1 Å². The number of rotatable bonds is 4. The van der Waals surface area contributed by atoms with Gasteiger partial charge < -0.3 is 21.0 Å². The zero-order chi connectivity index (χ0) is 6.41. The summed E-state index contributed by atoms with van der Waals surface area (Å²) in [6.45, 7) is 0.860. The second kappa shape index (κ2) is 8.39. The summed E-state index contributed by atoms with van der Waals surface area (Å²) < 4.78 is 0. The zero-order valence-corrected chi connectivity index (χ0v) is 7.52. The Morgan fingerprint density at radius 2 is 2.22 bits per heavy atom. The largest absolute Gasteiger partial charge is 1.00 e. The van der Waals surface area contributed by atoms with Crippen LogP contribution in [0.4, 0.5) is 0 Å². The van der Waals surface area contributed by atoms with E-state index in [2.05, 4.69) is 5.32 Å². The first kappa shape index (κ1) is 12.1. The van der Waals surface area contributed by atoms with E-state index >= 15 is 0 Å². The first-order valence-corrected chi connectivity index (χ1v) is 2.38. The van der Waals surface area contributed by atoms with E-state index in [1.807, 2.05) is 0 Å². The summed E-state index contributed by atoms with van der Waals surface area (Å²) in [6, 6.07) is 0. The van der Waals surface area contributed by atoms with Gasteiger partial charge in [-0.05, 0) is 0 Å². The van der Waals surface area contributed by atoms with Crippen LogP contribution >= 0.6 is 0 Å². The Hall–Kier alpha value is 0.390. The maximum Gasteiger partial charge on any atom is 1.00 e. The van der Waals surface area contributed by atoms with Crippen LogP contribution in [0.2, 0.25) is 0 Å². The molecule has 0 radical (unpaired) electrons. The van der Waals surface area contributed by atoms with Crippen molar-refractivity contribution in [1.29, 1.82) is 0 Å². The van der Waals surface area contributed by atoms with Gasteiger partial charge in [0, 0.05) is 19.6 Å². The maximum absolute atomic E-state index is 9.66. The molecule has 3 N–H and O–H groups in total. The van der Waals surface area contributed by atoms with E-state index in [0.29, 0.717) is 13.1 Å². The van der Waals surface area contributed by atoms with E-state index in [1.54, 1.807) is 0 Å². The summed E-state index contributed by atoms with van der Waals surface area (Å²) in [7, 11) is 0. The standard InChI is InChI=1S/C4H10N2O2.Na/c5-1-2-6-3-4(7)8;/h6H,1-3,5H2,(H,7,8);/q;+1/p-1. The zero-order valence-electron chi connectivity index (χ0n) is 5.52. The van der Waals surface area contributed by atoms with Gasteiger partial charge >= 0.3 is 29.6 Å². The second-order valence-electron chi connectivity index (χ2n) is 1.34. The summed E-state index contributed by atoms with van der Waals surface area (Å²) in [5.41, 5.74) is 5.04. The fraction of sp³-hybridized carbons (Fsp3) is 0.750. The number of hydrogen-bond donors (Lipinski definition) is 2. The molecule has 0 fully saturated rings. The molecule has 0 aliphatic rings. The summed E-state index contributed by atoms with van der Waals surface area (Å²) in [5, 5.41) is 12.2. The topological polar surface area (TPSA) is 78.2 Å². The summed E-state index contributed by atoms with van der Waals surface area (Å²) in [4.78, 5) is 9.66. The summed E-state index contributed by atoms with van der Waals surface area (Å²) in [6.07, 6.45) is 0. The summed E-state index contributed by atoms with van der Waals surface area (Å²) in [5.74, 6) is -1.10. The fourth-order valence-corrected chi connectivity index (χ4v) is 0.293. The van der Waals surface area contributed by atoms with Crippen LogP contribution in [-0.2, 0) is 4.79 Å². The van der Waals surface area contributed by atoms with Crippen LogP contribution in [-0.4, -0.2) is 25.6 Å². The molecule has 0 aliphatic carbocycles. The molecule has 5 heteroatoms. The third kappa shape index (κ3) is 11.8. The molecule has 0 heterocycles. The molecule has 0 aromatic rings. The molecule has 0 rings (SSSR count). The van der Waals surface area contributed by atoms with Gasteiger partial charge in [0.15, 0.2) is 0 Å². The van der Waals surface area contributed by atoms with Gasteiger partial charge in [-0.2, -0.15) is 0 Å². The molecule has 0 aromatic carbocycles. The summed E-state index contributed by atoms with van der Waals surface area (Å²) >= 11 is 0. The van der Waals surface area contributed by atoms with Gasteiger partial charge in [-0.1, -0.05) is 0 Å². The smallest absolute Gasteiger partial charge is 0.549 e. The van der Waals surface area contributed by atoms with Crippen LogP contribution in [0.5, 0.6) is 0 Å². The number of nitrogens with two attached hydrogens (primary N) is 1. The molecule has 0 atom stereocenters. The Balaban J connectivity index is 0. The fourth-order valence-electron chi connectivity index (χ4n) is 0.293.